The number of para-hydroxylation sites is 2. The number of aromatic nitrogens is 9. The molecule has 0 saturated carbocycles. The fraction of sp³-hybridized carbons (Fsp3) is 0.0500. The Bertz CT molecular complexity index is 2860. The van der Waals surface area contributed by atoms with Crippen LogP contribution in [-0.2, 0) is 0 Å². The molecule has 2 N–H and O–H groups in total. The number of H-pyrrole nitrogens is 1. The first-order valence-electron chi connectivity index (χ1n) is 16.8. The van der Waals surface area contributed by atoms with Crippen molar-refractivity contribution in [3.8, 4) is 22.4 Å². The molecule has 0 aliphatic carbocycles. The maximum absolute atomic E-state index is 9.08. The van der Waals surface area contributed by atoms with Crippen molar-refractivity contribution in [2.24, 2.45) is 4.99 Å². The van der Waals surface area contributed by atoms with Crippen LogP contribution in [0.1, 0.15) is 0 Å². The molecule has 4 aromatic carbocycles. The monoisotopic (exact) mass is 693 g/mol. The lowest BCUT2D eigenvalue weighted by Crippen LogP contribution is -2.26. The van der Waals surface area contributed by atoms with E-state index in [1.807, 2.05) is 119 Å². The van der Waals surface area contributed by atoms with E-state index in [1.54, 1.807) is 29.6 Å². The minimum atomic E-state index is 0.0389. The highest BCUT2D eigenvalue weighted by atomic mass is 15.3. The van der Waals surface area contributed by atoms with Crippen LogP contribution in [0.15, 0.2) is 139 Å². The van der Waals surface area contributed by atoms with Gasteiger partial charge in [0.25, 0.3) is 5.78 Å². The van der Waals surface area contributed by atoms with Gasteiger partial charge in [0.1, 0.15) is 30.6 Å². The molecule has 0 radical (unpaired) electrons. The van der Waals surface area contributed by atoms with Crippen molar-refractivity contribution in [3.05, 3.63) is 140 Å². The number of rotatable bonds is 8. The van der Waals surface area contributed by atoms with Crippen LogP contribution in [0.2, 0.25) is 0 Å². The fourth-order valence-electron chi connectivity index (χ4n) is 6.57. The van der Waals surface area contributed by atoms with Crippen molar-refractivity contribution in [2.75, 3.05) is 23.9 Å². The predicted octanol–water partition coefficient (Wildman–Crippen LogP) is 7.30. The molecule has 0 unspecified atom stereocenters. The number of nitrogens with zero attached hydrogens (tertiary/aromatic N) is 11. The number of aromatic amines is 1. The van der Waals surface area contributed by atoms with Gasteiger partial charge in [0.2, 0.25) is 5.62 Å². The van der Waals surface area contributed by atoms with E-state index in [1.165, 1.54) is 6.33 Å². The molecular weight excluding hydrogens is 663 g/mol. The molecule has 5 aromatic heterocycles. The molecule has 0 bridgehead atoms. The molecule has 0 fully saturated rings. The maximum atomic E-state index is 9.08. The van der Waals surface area contributed by atoms with Crippen LogP contribution in [0.3, 0.4) is 0 Å². The third-order valence-corrected chi connectivity index (χ3v) is 9.27. The number of anilines is 4. The molecule has 13 heteroatoms. The fourth-order valence-corrected chi connectivity index (χ4v) is 6.57. The number of benzene rings is 4. The molecule has 9 rings (SSSR count). The molecule has 0 amide bonds. The summed E-state index contributed by atoms with van der Waals surface area (Å²) in [6, 6.07) is 34.2. The van der Waals surface area contributed by atoms with Gasteiger partial charge in [-0.05, 0) is 77.9 Å². The summed E-state index contributed by atoms with van der Waals surface area (Å²) in [5.74, 6) is 1.88. The molecule has 256 valence electrons. The number of fused-ring (bicyclic) bond motifs is 4. The van der Waals surface area contributed by atoms with Gasteiger partial charge < -0.3 is 14.8 Å². The van der Waals surface area contributed by atoms with Crippen molar-refractivity contribution in [3.63, 3.8) is 0 Å². The second-order valence-electron chi connectivity index (χ2n) is 12.5. The van der Waals surface area contributed by atoms with E-state index in [2.05, 4.69) is 43.3 Å². The molecule has 13 nitrogen and oxygen atoms in total. The van der Waals surface area contributed by atoms with Gasteiger partial charge in [0.05, 0.1) is 16.7 Å². The zero-order chi connectivity index (χ0) is 35.9. The summed E-state index contributed by atoms with van der Waals surface area (Å²) in [5.41, 5.74) is 7.99. The summed E-state index contributed by atoms with van der Waals surface area (Å²) in [5, 5.41) is 19.2. The van der Waals surface area contributed by atoms with Gasteiger partial charge >= 0.3 is 0 Å². The van der Waals surface area contributed by atoms with Crippen LogP contribution in [0.25, 0.3) is 50.0 Å². The minimum Gasteiger partial charge on any atom is -0.361 e. The molecule has 9 aromatic rings. The first-order valence-corrected chi connectivity index (χ1v) is 16.8. The Balaban J connectivity index is 1.13. The van der Waals surface area contributed by atoms with Crippen LogP contribution in [0, 0.1) is 5.41 Å². The van der Waals surface area contributed by atoms with E-state index in [0.717, 1.165) is 55.6 Å². The van der Waals surface area contributed by atoms with Crippen LogP contribution in [0.4, 0.5) is 28.7 Å². The highest BCUT2D eigenvalue weighted by Crippen LogP contribution is 2.36. The molecule has 53 heavy (non-hydrogen) atoms. The van der Waals surface area contributed by atoms with E-state index in [4.69, 9.17) is 20.4 Å². The lowest BCUT2D eigenvalue weighted by atomic mass is 10.1. The first kappa shape index (κ1) is 31.4. The Morgan fingerprint density at radius 2 is 1.45 bits per heavy atom. The average molecular weight is 694 g/mol. The van der Waals surface area contributed by atoms with E-state index in [-0.39, 0.29) is 5.62 Å². The van der Waals surface area contributed by atoms with E-state index in [0.29, 0.717) is 23.1 Å². The predicted molar refractivity (Wildman–Crippen MR) is 207 cm³/mol. The molecule has 0 spiro atoms. The highest BCUT2D eigenvalue weighted by molar-refractivity contribution is 5.96. The van der Waals surface area contributed by atoms with Gasteiger partial charge in [-0.15, -0.1) is 10.2 Å². The number of aliphatic imine (C=N–C) groups is 1. The summed E-state index contributed by atoms with van der Waals surface area (Å²) in [4.78, 5) is 30.4. The molecule has 0 saturated heterocycles. The third kappa shape index (κ3) is 5.71. The number of hydrogen-bond donors (Lipinski definition) is 2. The topological polar surface area (TPSA) is 145 Å². The summed E-state index contributed by atoms with van der Waals surface area (Å²) in [6.07, 6.45) is 10.3. The molecule has 5 heterocycles. The van der Waals surface area contributed by atoms with Gasteiger partial charge in [0.15, 0.2) is 0 Å². The summed E-state index contributed by atoms with van der Waals surface area (Å²) in [6.45, 7) is 0. The van der Waals surface area contributed by atoms with Gasteiger partial charge in [-0.25, -0.2) is 15.0 Å². The lowest BCUT2D eigenvalue weighted by molar-refractivity contribution is 0.918. The number of hydrogen-bond acceptors (Lipinski definition) is 10. The summed E-state index contributed by atoms with van der Waals surface area (Å²) in [7, 11) is 3.93. The normalized spacial score (nSPS) is 11.6. The Hall–Kier alpha value is -7.54. The van der Waals surface area contributed by atoms with E-state index >= 15 is 0 Å². The van der Waals surface area contributed by atoms with Crippen LogP contribution in [0.5, 0.6) is 0 Å². The average Bonchev–Trinajstić information content (AvgIpc) is 3.93. The Morgan fingerprint density at radius 1 is 0.717 bits per heavy atom. The van der Waals surface area contributed by atoms with Gasteiger partial charge in [-0.2, -0.15) is 9.97 Å². The van der Waals surface area contributed by atoms with Crippen molar-refractivity contribution in [2.45, 2.75) is 0 Å². The third-order valence-electron chi connectivity index (χ3n) is 9.27. The SMILES string of the molecule is CN(c1cccc(-c2ccc[nH]2)c1)c1nc(=N)n(/C=N/c2cc(-c3cncnc3)cc(N(C)c3nc4nncn4c4ccccc34)c2)c2ccccc12. The van der Waals surface area contributed by atoms with E-state index < -0.39 is 0 Å². The summed E-state index contributed by atoms with van der Waals surface area (Å²) >= 11 is 0. The van der Waals surface area contributed by atoms with Crippen LogP contribution in [-0.4, -0.2) is 64.5 Å². The maximum Gasteiger partial charge on any atom is 0.257 e. The minimum absolute atomic E-state index is 0.0389. The van der Waals surface area contributed by atoms with Crippen molar-refractivity contribution >= 4 is 62.6 Å². The van der Waals surface area contributed by atoms with Gasteiger partial charge in [-0.3, -0.25) is 14.4 Å². The molecular formula is C40H31N13. The van der Waals surface area contributed by atoms with Gasteiger partial charge in [0, 0.05) is 66.1 Å². The highest BCUT2D eigenvalue weighted by Gasteiger charge is 2.17. The summed E-state index contributed by atoms with van der Waals surface area (Å²) < 4.78 is 3.57. The number of nitrogens with one attached hydrogen (secondary N) is 2. The molecule has 0 aliphatic rings. The van der Waals surface area contributed by atoms with E-state index in [9.17, 15) is 0 Å². The second-order valence-corrected chi connectivity index (χ2v) is 12.5. The van der Waals surface area contributed by atoms with Crippen molar-refractivity contribution < 1.29 is 0 Å². The molecule has 0 aliphatic heterocycles. The first-order chi connectivity index (χ1) is 26.0. The van der Waals surface area contributed by atoms with Crippen LogP contribution >= 0.6 is 0 Å². The largest absolute Gasteiger partial charge is 0.361 e. The second kappa shape index (κ2) is 13.0. The zero-order valence-electron chi connectivity index (χ0n) is 28.7. The van der Waals surface area contributed by atoms with Crippen molar-refractivity contribution in [1.82, 2.24) is 44.1 Å². The Morgan fingerprint density at radius 3 is 2.26 bits per heavy atom. The Kier molecular flexibility index (Phi) is 7.70. The standard InChI is InChI=1S/C40H31N13/c1-50(30-10-7-9-26(18-30)34-13-8-16-44-34)37-32-11-3-5-14-35(32)52(39(41)47-37)24-45-29-17-27(28-21-42-23-43-22-28)19-31(20-29)51(2)38-33-12-4-6-15-36(33)53-25-46-49-40(53)48-38/h3-25,41,44H,1-2H3/b41-39?,45-24+. The van der Waals surface area contributed by atoms with Crippen molar-refractivity contribution in [1.29, 1.82) is 5.41 Å². The van der Waals surface area contributed by atoms with Crippen LogP contribution < -0.4 is 15.4 Å². The zero-order valence-corrected chi connectivity index (χ0v) is 28.7. The quantitative estimate of drug-likeness (QED) is 0.125. The van der Waals surface area contributed by atoms with Gasteiger partial charge in [-0.1, -0.05) is 36.4 Å². The molecule has 0 atom stereocenters. The Labute approximate surface area is 302 Å². The lowest BCUT2D eigenvalue weighted by Gasteiger charge is -2.22. The smallest absolute Gasteiger partial charge is 0.257 e.